The fourth-order valence-corrected chi connectivity index (χ4v) is 3.04. The van der Waals surface area contributed by atoms with Gasteiger partial charge in [0.25, 0.3) is 5.91 Å². The Morgan fingerprint density at radius 1 is 1.11 bits per heavy atom. The first-order valence-electron chi connectivity index (χ1n) is 7.67. The largest absolute Gasteiger partial charge is 0.495 e. The Kier molecular flexibility index (Phi) is 6.13. The topological polar surface area (TPSA) is 115 Å². The normalized spacial score (nSPS) is 11.1. The molecule has 0 unspecified atom stereocenters. The molecule has 0 spiro atoms. The summed E-state index contributed by atoms with van der Waals surface area (Å²) in [4.78, 5) is 27.8. The predicted molar refractivity (Wildman–Crippen MR) is 97.4 cm³/mol. The highest BCUT2D eigenvalue weighted by atomic mass is 32.2. The molecule has 144 valence electrons. The van der Waals surface area contributed by atoms with Crippen LogP contribution in [-0.4, -0.2) is 57.9 Å². The molecule has 2 aromatic rings. The molecule has 9 nitrogen and oxygen atoms in total. The van der Waals surface area contributed by atoms with Crippen molar-refractivity contribution in [3.8, 4) is 5.75 Å². The molecular weight excluding hydrogens is 374 g/mol. The van der Waals surface area contributed by atoms with E-state index in [4.69, 9.17) is 4.74 Å². The summed E-state index contributed by atoms with van der Waals surface area (Å²) in [6, 6.07) is 6.88. The van der Waals surface area contributed by atoms with E-state index in [9.17, 15) is 18.0 Å². The summed E-state index contributed by atoms with van der Waals surface area (Å²) in [6.45, 7) is 0. The van der Waals surface area contributed by atoms with Gasteiger partial charge in [0.05, 0.1) is 30.4 Å². The molecule has 0 aliphatic carbocycles. The molecule has 1 amide bonds. The van der Waals surface area contributed by atoms with Crippen molar-refractivity contribution >= 4 is 27.6 Å². The van der Waals surface area contributed by atoms with E-state index in [0.29, 0.717) is 0 Å². The van der Waals surface area contributed by atoms with Crippen LogP contribution >= 0.6 is 0 Å². The molecule has 10 heteroatoms. The van der Waals surface area contributed by atoms with Crippen molar-refractivity contribution in [1.29, 1.82) is 0 Å². The number of carbonyl (C=O) groups is 2. The lowest BCUT2D eigenvalue weighted by molar-refractivity contribution is 0.0600. The third kappa shape index (κ3) is 4.41. The van der Waals surface area contributed by atoms with E-state index in [1.165, 1.54) is 64.8 Å². The van der Waals surface area contributed by atoms with Gasteiger partial charge in [0.2, 0.25) is 10.0 Å². The monoisotopic (exact) mass is 393 g/mol. The standard InChI is InChI=1S/C17H19N3O6S/c1-20(2)27(23,24)12-6-8-15(25-3)14(9-12)19-16(21)13-7-5-11(10-18-13)17(22)26-4/h5-10H,1-4H3,(H,19,21). The van der Waals surface area contributed by atoms with E-state index in [1.807, 2.05) is 0 Å². The number of carbonyl (C=O) groups excluding carboxylic acids is 2. The second-order valence-electron chi connectivity index (χ2n) is 5.53. The Bertz CT molecular complexity index is 955. The van der Waals surface area contributed by atoms with E-state index >= 15 is 0 Å². The number of benzene rings is 1. The van der Waals surface area contributed by atoms with Crippen molar-refractivity contribution in [2.75, 3.05) is 33.6 Å². The number of hydrogen-bond donors (Lipinski definition) is 1. The highest BCUT2D eigenvalue weighted by Gasteiger charge is 2.20. The first-order chi connectivity index (χ1) is 12.7. The molecular formula is C17H19N3O6S. The van der Waals surface area contributed by atoms with E-state index in [-0.39, 0.29) is 27.6 Å². The fourth-order valence-electron chi connectivity index (χ4n) is 2.11. The van der Waals surface area contributed by atoms with Crippen molar-refractivity contribution in [2.45, 2.75) is 4.90 Å². The van der Waals surface area contributed by atoms with Gasteiger partial charge >= 0.3 is 5.97 Å². The van der Waals surface area contributed by atoms with Gasteiger partial charge in [-0.15, -0.1) is 0 Å². The van der Waals surface area contributed by atoms with Crippen LogP contribution in [0.25, 0.3) is 0 Å². The number of ether oxygens (including phenoxy) is 2. The van der Waals surface area contributed by atoms with Crippen molar-refractivity contribution in [1.82, 2.24) is 9.29 Å². The zero-order chi connectivity index (χ0) is 20.2. The molecule has 1 heterocycles. The minimum atomic E-state index is -3.68. The van der Waals surface area contributed by atoms with Crippen LogP contribution < -0.4 is 10.1 Å². The number of hydrogen-bond acceptors (Lipinski definition) is 7. The van der Waals surface area contributed by atoms with Crippen LogP contribution in [0, 0.1) is 0 Å². The molecule has 0 aliphatic rings. The quantitative estimate of drug-likeness (QED) is 0.737. The minimum absolute atomic E-state index is 0.00222. The number of pyridine rings is 1. The highest BCUT2D eigenvalue weighted by molar-refractivity contribution is 7.89. The number of esters is 1. The first kappa shape index (κ1) is 20.3. The molecule has 0 bridgehead atoms. The molecule has 0 fully saturated rings. The second-order valence-corrected chi connectivity index (χ2v) is 7.68. The molecule has 1 aromatic heterocycles. The molecule has 1 aromatic carbocycles. The Balaban J connectivity index is 2.32. The van der Waals surface area contributed by atoms with Gasteiger partial charge in [-0.2, -0.15) is 0 Å². The molecule has 0 atom stereocenters. The van der Waals surface area contributed by atoms with Gasteiger partial charge < -0.3 is 14.8 Å². The summed E-state index contributed by atoms with van der Waals surface area (Å²) in [5, 5.41) is 2.57. The summed E-state index contributed by atoms with van der Waals surface area (Å²) in [5.41, 5.74) is 0.403. The van der Waals surface area contributed by atoms with Gasteiger partial charge in [0, 0.05) is 20.3 Å². The van der Waals surface area contributed by atoms with Gasteiger partial charge in [-0.05, 0) is 30.3 Å². The lowest BCUT2D eigenvalue weighted by atomic mass is 10.2. The van der Waals surface area contributed by atoms with Crippen molar-refractivity contribution < 1.29 is 27.5 Å². The van der Waals surface area contributed by atoms with Crippen molar-refractivity contribution in [3.05, 3.63) is 47.8 Å². The second kappa shape index (κ2) is 8.14. The van der Waals surface area contributed by atoms with Gasteiger partial charge in [-0.1, -0.05) is 0 Å². The molecule has 0 saturated carbocycles. The third-order valence-electron chi connectivity index (χ3n) is 3.61. The van der Waals surface area contributed by atoms with Crippen LogP contribution in [-0.2, 0) is 14.8 Å². The van der Waals surface area contributed by atoms with E-state index in [1.54, 1.807) is 0 Å². The minimum Gasteiger partial charge on any atom is -0.495 e. The van der Waals surface area contributed by atoms with Crippen LogP contribution in [0.2, 0.25) is 0 Å². The van der Waals surface area contributed by atoms with Gasteiger partial charge in [-0.25, -0.2) is 17.5 Å². The van der Waals surface area contributed by atoms with Crippen LogP contribution in [0.1, 0.15) is 20.8 Å². The molecule has 1 N–H and O–H groups in total. The van der Waals surface area contributed by atoms with Gasteiger partial charge in [0.15, 0.2) is 0 Å². The smallest absolute Gasteiger partial charge is 0.339 e. The van der Waals surface area contributed by atoms with Crippen molar-refractivity contribution in [3.63, 3.8) is 0 Å². The van der Waals surface area contributed by atoms with Crippen molar-refractivity contribution in [2.24, 2.45) is 0 Å². The average Bonchev–Trinajstić information content (AvgIpc) is 2.67. The molecule has 0 saturated heterocycles. The van der Waals surface area contributed by atoms with E-state index in [2.05, 4.69) is 15.0 Å². The summed E-state index contributed by atoms with van der Waals surface area (Å²) in [7, 11) is 1.77. The maximum atomic E-state index is 12.4. The number of sulfonamides is 1. The Morgan fingerprint density at radius 2 is 1.81 bits per heavy atom. The number of aromatic nitrogens is 1. The van der Waals surface area contributed by atoms with Crippen LogP contribution in [0.5, 0.6) is 5.75 Å². The van der Waals surface area contributed by atoms with Crippen LogP contribution in [0.4, 0.5) is 5.69 Å². The Morgan fingerprint density at radius 3 is 2.33 bits per heavy atom. The number of nitrogens with zero attached hydrogens (tertiary/aromatic N) is 2. The summed E-state index contributed by atoms with van der Waals surface area (Å²) in [6.07, 6.45) is 1.21. The number of amides is 1. The molecule has 0 aliphatic heterocycles. The van der Waals surface area contributed by atoms with E-state index in [0.717, 1.165) is 4.31 Å². The van der Waals surface area contributed by atoms with Gasteiger partial charge in [-0.3, -0.25) is 9.78 Å². The van der Waals surface area contributed by atoms with Crippen LogP contribution in [0.15, 0.2) is 41.4 Å². The number of methoxy groups -OCH3 is 2. The molecule has 0 radical (unpaired) electrons. The third-order valence-corrected chi connectivity index (χ3v) is 5.43. The first-order valence-corrected chi connectivity index (χ1v) is 9.11. The number of rotatable bonds is 6. The average molecular weight is 393 g/mol. The lowest BCUT2D eigenvalue weighted by Crippen LogP contribution is -2.22. The highest BCUT2D eigenvalue weighted by Crippen LogP contribution is 2.28. The maximum absolute atomic E-state index is 12.4. The van der Waals surface area contributed by atoms with Gasteiger partial charge in [0.1, 0.15) is 11.4 Å². The Labute approximate surface area is 157 Å². The summed E-state index contributed by atoms with van der Waals surface area (Å²) < 4.78 is 35.4. The lowest BCUT2D eigenvalue weighted by Gasteiger charge is -2.15. The summed E-state index contributed by atoms with van der Waals surface area (Å²) in [5.74, 6) is -0.880. The molecule has 2 rings (SSSR count). The summed E-state index contributed by atoms with van der Waals surface area (Å²) >= 11 is 0. The fraction of sp³-hybridized carbons (Fsp3) is 0.235. The predicted octanol–water partition coefficient (Wildman–Crippen LogP) is 1.38. The number of nitrogens with one attached hydrogen (secondary N) is 1. The van der Waals surface area contributed by atoms with Crippen LogP contribution in [0.3, 0.4) is 0 Å². The zero-order valence-corrected chi connectivity index (χ0v) is 16.0. The Hall–Kier alpha value is -2.98. The maximum Gasteiger partial charge on any atom is 0.339 e. The molecule has 27 heavy (non-hydrogen) atoms. The number of anilines is 1. The SMILES string of the molecule is COC(=O)c1ccc(C(=O)Nc2cc(S(=O)(=O)N(C)C)ccc2OC)nc1. The zero-order valence-electron chi connectivity index (χ0n) is 15.2. The van der Waals surface area contributed by atoms with E-state index < -0.39 is 21.9 Å².